The Hall–Kier alpha value is -2.49. The van der Waals surface area contributed by atoms with Gasteiger partial charge in [-0.3, -0.25) is 0 Å². The summed E-state index contributed by atoms with van der Waals surface area (Å²) in [5, 5.41) is 0.846. The Kier molecular flexibility index (Phi) is 2.83. The summed E-state index contributed by atoms with van der Waals surface area (Å²) >= 11 is 0. The largest absolute Gasteiger partial charge is 0.489 e. The second-order valence-corrected chi connectivity index (χ2v) is 4.23. The number of nitrogens with two attached hydrogens (primary N) is 1. The third-order valence-corrected chi connectivity index (χ3v) is 2.90. The lowest BCUT2D eigenvalue weighted by molar-refractivity contribution is 0.304. The summed E-state index contributed by atoms with van der Waals surface area (Å²) in [7, 11) is 0. The minimum absolute atomic E-state index is 0.282. The number of halogens is 1. The maximum absolute atomic E-state index is 13.0. The predicted octanol–water partition coefficient (Wildman–Crippen LogP) is 3.73. The Morgan fingerprint density at radius 3 is 2.84 bits per heavy atom. The van der Waals surface area contributed by atoms with E-state index in [2.05, 4.69) is 0 Å². The first-order valence-corrected chi connectivity index (χ1v) is 5.87. The molecule has 0 aliphatic heterocycles. The van der Waals surface area contributed by atoms with E-state index in [1.165, 1.54) is 12.1 Å². The number of rotatable bonds is 3. The molecule has 4 heteroatoms. The fourth-order valence-corrected chi connectivity index (χ4v) is 2.01. The summed E-state index contributed by atoms with van der Waals surface area (Å²) in [6.45, 7) is 0.282. The van der Waals surface area contributed by atoms with Gasteiger partial charge in [0.15, 0.2) is 0 Å². The van der Waals surface area contributed by atoms with Gasteiger partial charge >= 0.3 is 0 Å². The monoisotopic (exact) mass is 257 g/mol. The van der Waals surface area contributed by atoms with E-state index in [-0.39, 0.29) is 12.4 Å². The zero-order valence-corrected chi connectivity index (χ0v) is 10.1. The molecular weight excluding hydrogens is 245 g/mol. The summed E-state index contributed by atoms with van der Waals surface area (Å²) in [5.74, 6) is 0.151. The molecule has 19 heavy (non-hydrogen) atoms. The highest BCUT2D eigenvalue weighted by Crippen LogP contribution is 2.27. The van der Waals surface area contributed by atoms with Crippen molar-refractivity contribution in [1.82, 2.24) is 0 Å². The van der Waals surface area contributed by atoms with Gasteiger partial charge in [-0.05, 0) is 24.3 Å². The predicted molar refractivity (Wildman–Crippen MR) is 71.4 cm³/mol. The second-order valence-electron chi connectivity index (χ2n) is 4.23. The van der Waals surface area contributed by atoms with Gasteiger partial charge in [0.2, 0.25) is 0 Å². The molecule has 0 aliphatic rings. The zero-order valence-electron chi connectivity index (χ0n) is 10.1. The van der Waals surface area contributed by atoms with Crippen LogP contribution in [0.5, 0.6) is 5.75 Å². The van der Waals surface area contributed by atoms with Crippen molar-refractivity contribution in [2.45, 2.75) is 6.61 Å². The summed E-state index contributed by atoms with van der Waals surface area (Å²) in [6.07, 6.45) is 1.61. The van der Waals surface area contributed by atoms with Gasteiger partial charge in [-0.15, -0.1) is 0 Å². The van der Waals surface area contributed by atoms with Crippen molar-refractivity contribution >= 4 is 16.7 Å². The number of hydrogen-bond acceptors (Lipinski definition) is 3. The molecule has 0 radical (unpaired) electrons. The molecule has 0 saturated heterocycles. The van der Waals surface area contributed by atoms with E-state index < -0.39 is 0 Å². The van der Waals surface area contributed by atoms with Crippen LogP contribution in [0, 0.1) is 5.82 Å². The van der Waals surface area contributed by atoms with Crippen LogP contribution in [0.3, 0.4) is 0 Å². The van der Waals surface area contributed by atoms with Crippen molar-refractivity contribution in [2.24, 2.45) is 0 Å². The lowest BCUT2D eigenvalue weighted by Gasteiger charge is -2.05. The molecule has 96 valence electrons. The summed E-state index contributed by atoms with van der Waals surface area (Å²) in [4.78, 5) is 0. The average Bonchev–Trinajstić information content (AvgIpc) is 2.81. The van der Waals surface area contributed by atoms with Crippen LogP contribution in [0.4, 0.5) is 10.1 Å². The Balaban J connectivity index is 1.86. The summed E-state index contributed by atoms with van der Waals surface area (Å²) in [5.41, 5.74) is 8.13. The third-order valence-electron chi connectivity index (χ3n) is 2.90. The molecule has 0 bridgehead atoms. The number of benzene rings is 2. The van der Waals surface area contributed by atoms with Crippen LogP contribution in [0.25, 0.3) is 11.0 Å². The van der Waals surface area contributed by atoms with E-state index >= 15 is 0 Å². The highest BCUT2D eigenvalue weighted by atomic mass is 19.1. The summed E-state index contributed by atoms with van der Waals surface area (Å²) < 4.78 is 24.0. The molecule has 1 heterocycles. The number of anilines is 1. The van der Waals surface area contributed by atoms with Gasteiger partial charge in [0.25, 0.3) is 0 Å². The second kappa shape index (κ2) is 4.65. The SMILES string of the molecule is Nc1cccc2occ(COc3cccc(F)c3)c12. The molecule has 0 amide bonds. The first-order valence-electron chi connectivity index (χ1n) is 5.87. The number of nitrogen functional groups attached to an aromatic ring is 1. The van der Waals surface area contributed by atoms with Crippen molar-refractivity contribution in [3.63, 3.8) is 0 Å². The molecule has 0 atom stereocenters. The highest BCUT2D eigenvalue weighted by Gasteiger charge is 2.09. The fourth-order valence-electron chi connectivity index (χ4n) is 2.01. The van der Waals surface area contributed by atoms with Crippen LogP contribution >= 0.6 is 0 Å². The van der Waals surface area contributed by atoms with Gasteiger partial charge < -0.3 is 14.9 Å². The number of hydrogen-bond donors (Lipinski definition) is 1. The lowest BCUT2D eigenvalue weighted by atomic mass is 10.1. The standard InChI is InChI=1S/C15H12FNO2/c16-11-3-1-4-12(7-11)18-8-10-9-19-14-6-2-5-13(17)15(10)14/h1-7,9H,8,17H2. The molecule has 1 aromatic heterocycles. The smallest absolute Gasteiger partial charge is 0.136 e. The molecule has 0 saturated carbocycles. The molecule has 3 nitrogen and oxygen atoms in total. The van der Waals surface area contributed by atoms with Gasteiger partial charge in [0, 0.05) is 22.7 Å². The number of furan rings is 1. The molecule has 0 aliphatic carbocycles. The van der Waals surface area contributed by atoms with Crippen molar-refractivity contribution in [3.05, 3.63) is 60.1 Å². The van der Waals surface area contributed by atoms with E-state index in [0.29, 0.717) is 11.4 Å². The Labute approximate surface area is 109 Å². The topological polar surface area (TPSA) is 48.4 Å². The first kappa shape index (κ1) is 11.6. The molecule has 0 fully saturated rings. The Bertz CT molecular complexity index is 721. The van der Waals surface area contributed by atoms with Crippen molar-refractivity contribution in [3.8, 4) is 5.75 Å². The fraction of sp³-hybridized carbons (Fsp3) is 0.0667. The molecule has 2 N–H and O–H groups in total. The van der Waals surface area contributed by atoms with Crippen molar-refractivity contribution < 1.29 is 13.5 Å². The normalized spacial score (nSPS) is 10.8. The van der Waals surface area contributed by atoms with Crippen LogP contribution in [-0.4, -0.2) is 0 Å². The van der Waals surface area contributed by atoms with Gasteiger partial charge in [-0.2, -0.15) is 0 Å². The zero-order chi connectivity index (χ0) is 13.2. The van der Waals surface area contributed by atoms with Crippen LogP contribution < -0.4 is 10.5 Å². The van der Waals surface area contributed by atoms with Crippen molar-refractivity contribution in [2.75, 3.05) is 5.73 Å². The highest BCUT2D eigenvalue weighted by molar-refractivity contribution is 5.92. The van der Waals surface area contributed by atoms with E-state index in [1.807, 2.05) is 18.2 Å². The van der Waals surface area contributed by atoms with Crippen LogP contribution in [0.2, 0.25) is 0 Å². The van der Waals surface area contributed by atoms with Gasteiger partial charge in [-0.25, -0.2) is 4.39 Å². The minimum Gasteiger partial charge on any atom is -0.489 e. The van der Waals surface area contributed by atoms with Gasteiger partial charge in [-0.1, -0.05) is 12.1 Å². The van der Waals surface area contributed by atoms with Crippen molar-refractivity contribution in [1.29, 1.82) is 0 Å². The summed E-state index contributed by atoms with van der Waals surface area (Å²) in [6, 6.07) is 11.5. The Morgan fingerprint density at radius 2 is 2.00 bits per heavy atom. The molecule has 0 unspecified atom stereocenters. The van der Waals surface area contributed by atoms with E-state index in [1.54, 1.807) is 18.4 Å². The van der Waals surface area contributed by atoms with E-state index in [0.717, 1.165) is 16.5 Å². The van der Waals surface area contributed by atoms with Crippen LogP contribution in [0.15, 0.2) is 53.1 Å². The quantitative estimate of drug-likeness (QED) is 0.727. The first-order chi connectivity index (χ1) is 9.24. The molecular formula is C15H12FNO2. The molecule has 3 rings (SSSR count). The number of fused-ring (bicyclic) bond motifs is 1. The maximum Gasteiger partial charge on any atom is 0.136 e. The van der Waals surface area contributed by atoms with Gasteiger partial charge in [0.1, 0.15) is 23.8 Å². The third kappa shape index (κ3) is 2.25. The van der Waals surface area contributed by atoms with E-state index in [9.17, 15) is 4.39 Å². The van der Waals surface area contributed by atoms with E-state index in [4.69, 9.17) is 14.9 Å². The van der Waals surface area contributed by atoms with Crippen LogP contribution in [0.1, 0.15) is 5.56 Å². The van der Waals surface area contributed by atoms with Gasteiger partial charge in [0.05, 0.1) is 6.26 Å². The molecule has 2 aromatic carbocycles. The maximum atomic E-state index is 13.0. The molecule has 0 spiro atoms. The molecule has 3 aromatic rings. The Morgan fingerprint density at radius 1 is 1.16 bits per heavy atom. The lowest BCUT2D eigenvalue weighted by Crippen LogP contribution is -1.96. The number of ether oxygens (including phenoxy) is 1. The van der Waals surface area contributed by atoms with Crippen LogP contribution in [-0.2, 0) is 6.61 Å². The minimum atomic E-state index is -0.325. The average molecular weight is 257 g/mol.